The van der Waals surface area contributed by atoms with E-state index in [2.05, 4.69) is 109 Å². The van der Waals surface area contributed by atoms with Crippen LogP contribution in [-0.2, 0) is 11.0 Å². The lowest BCUT2D eigenvalue weighted by atomic mass is 9.76. The zero-order valence-corrected chi connectivity index (χ0v) is 27.0. The van der Waals surface area contributed by atoms with E-state index in [0.717, 1.165) is 39.1 Å². The Bertz CT molecular complexity index is 2180. The molecule has 0 radical (unpaired) electrons. The molecule has 0 amide bonds. The molecule has 2 aliphatic rings. The Morgan fingerprint density at radius 3 is 1.94 bits per heavy atom. The summed E-state index contributed by atoms with van der Waals surface area (Å²) >= 11 is 0. The fraction of sp³-hybridized carbons (Fsp3) is 0.171. The van der Waals surface area contributed by atoms with Crippen LogP contribution in [0.5, 0.6) is 23.3 Å². The molecule has 6 nitrogen and oxygen atoms in total. The third-order valence-corrected chi connectivity index (χ3v) is 9.64. The van der Waals surface area contributed by atoms with Crippen molar-refractivity contribution in [2.24, 2.45) is 0 Å². The molecule has 6 aromatic rings. The van der Waals surface area contributed by atoms with Crippen LogP contribution in [0.25, 0.3) is 39.4 Å². The van der Waals surface area contributed by atoms with Crippen molar-refractivity contribution in [3.05, 3.63) is 137 Å². The molecule has 0 fully saturated rings. The lowest BCUT2D eigenvalue weighted by molar-refractivity contribution is 0.163. The highest BCUT2D eigenvalue weighted by atomic mass is 16.5. The summed E-state index contributed by atoms with van der Waals surface area (Å²) in [5, 5.41) is 2.28. The molecule has 1 aliphatic carbocycles. The topological polar surface area (TPSA) is 62.7 Å². The van der Waals surface area contributed by atoms with Gasteiger partial charge in [-0.2, -0.15) is 9.97 Å². The van der Waals surface area contributed by atoms with Crippen molar-refractivity contribution < 1.29 is 18.9 Å². The molecule has 232 valence electrons. The van der Waals surface area contributed by atoms with E-state index in [4.69, 9.17) is 18.9 Å². The number of fused-ring (bicyclic) bond motifs is 8. The number of methoxy groups -OCH3 is 3. The molecule has 2 heterocycles. The minimum Gasteiger partial charge on any atom is -0.497 e. The number of ether oxygens (including phenoxy) is 4. The van der Waals surface area contributed by atoms with Gasteiger partial charge in [-0.3, -0.25) is 0 Å². The van der Waals surface area contributed by atoms with Crippen molar-refractivity contribution in [1.29, 1.82) is 0 Å². The summed E-state index contributed by atoms with van der Waals surface area (Å²) in [6.45, 7) is 4.64. The van der Waals surface area contributed by atoms with E-state index >= 15 is 0 Å². The van der Waals surface area contributed by atoms with Gasteiger partial charge >= 0.3 is 0 Å². The number of rotatable bonds is 6. The average Bonchev–Trinajstić information content (AvgIpc) is 3.38. The smallest absolute Gasteiger partial charge is 0.220 e. The minimum absolute atomic E-state index is 0.201. The van der Waals surface area contributed by atoms with E-state index in [9.17, 15) is 0 Å². The second-order valence-electron chi connectivity index (χ2n) is 12.5. The Kier molecular flexibility index (Phi) is 6.58. The Morgan fingerprint density at radius 1 is 0.660 bits per heavy atom. The van der Waals surface area contributed by atoms with E-state index in [1.165, 1.54) is 27.6 Å². The molecular formula is C41H34N2O4. The molecule has 1 aliphatic heterocycles. The Hall–Kier alpha value is -5.62. The second kappa shape index (κ2) is 10.7. The van der Waals surface area contributed by atoms with Crippen molar-refractivity contribution >= 4 is 16.8 Å². The molecular weight excluding hydrogens is 584 g/mol. The molecule has 0 saturated heterocycles. The third kappa shape index (κ3) is 4.32. The molecule has 0 bridgehead atoms. The largest absolute Gasteiger partial charge is 0.497 e. The molecule has 1 atom stereocenters. The normalized spacial score (nSPS) is 17.0. The quantitative estimate of drug-likeness (QED) is 0.186. The first-order chi connectivity index (χ1) is 22.9. The molecule has 6 heteroatoms. The van der Waals surface area contributed by atoms with Crippen molar-refractivity contribution in [2.45, 2.75) is 24.9 Å². The van der Waals surface area contributed by atoms with Gasteiger partial charge in [0.2, 0.25) is 11.8 Å². The van der Waals surface area contributed by atoms with Crippen LogP contribution in [0.2, 0.25) is 0 Å². The summed E-state index contributed by atoms with van der Waals surface area (Å²) in [6.07, 6.45) is 4.47. The Labute approximate surface area is 274 Å². The highest BCUT2D eigenvalue weighted by Gasteiger charge is 2.44. The van der Waals surface area contributed by atoms with Crippen LogP contribution in [0.3, 0.4) is 0 Å². The standard InChI is InChI=1S/C41H34N2O4/c1-40(2)33-13-9-8-12-31(33)36-29-10-6-7-11-30(29)38-32(37(36)40)22-23-41(47-38,27-18-20-28(44-3)21-19-27)26-16-14-25(15-17-26)39-42-34(45-4)24-35(43-39)46-5/h6-24H,1-5H3. The van der Waals surface area contributed by atoms with Crippen LogP contribution in [0.15, 0.2) is 109 Å². The monoisotopic (exact) mass is 618 g/mol. The van der Waals surface area contributed by atoms with Crippen LogP contribution in [-0.4, -0.2) is 31.3 Å². The van der Waals surface area contributed by atoms with E-state index in [0.29, 0.717) is 17.6 Å². The number of hydrogen-bond acceptors (Lipinski definition) is 6. The van der Waals surface area contributed by atoms with Crippen LogP contribution in [0, 0.1) is 0 Å². The molecule has 0 saturated carbocycles. The summed E-state index contributed by atoms with van der Waals surface area (Å²) in [5.41, 5.74) is 8.01. The fourth-order valence-electron chi connectivity index (χ4n) is 7.33. The van der Waals surface area contributed by atoms with Gasteiger partial charge < -0.3 is 18.9 Å². The van der Waals surface area contributed by atoms with E-state index in [1.54, 1.807) is 27.4 Å². The molecule has 47 heavy (non-hydrogen) atoms. The van der Waals surface area contributed by atoms with E-state index in [-0.39, 0.29) is 5.41 Å². The Balaban J connectivity index is 1.34. The fourth-order valence-corrected chi connectivity index (χ4v) is 7.33. The van der Waals surface area contributed by atoms with Gasteiger partial charge in [0.15, 0.2) is 11.4 Å². The van der Waals surface area contributed by atoms with Gasteiger partial charge in [-0.1, -0.05) is 105 Å². The average molecular weight is 619 g/mol. The van der Waals surface area contributed by atoms with E-state index in [1.807, 2.05) is 24.3 Å². The second-order valence-corrected chi connectivity index (χ2v) is 12.5. The third-order valence-electron chi connectivity index (χ3n) is 9.64. The van der Waals surface area contributed by atoms with Gasteiger partial charge in [0.05, 0.1) is 27.4 Å². The highest BCUT2D eigenvalue weighted by Crippen LogP contribution is 2.58. The molecule has 5 aromatic carbocycles. The summed E-state index contributed by atoms with van der Waals surface area (Å²) in [4.78, 5) is 9.12. The SMILES string of the molecule is COc1ccc(C2(c3ccc(-c4nc(OC)cc(OC)n4)cc3)C=Cc3c4c(c5ccccc5c3O2)-c2ccccc2C4(C)C)cc1. The van der Waals surface area contributed by atoms with E-state index < -0.39 is 5.60 Å². The number of benzene rings is 5. The molecule has 0 spiro atoms. The minimum atomic E-state index is -0.919. The van der Waals surface area contributed by atoms with Gasteiger partial charge in [0, 0.05) is 33.1 Å². The van der Waals surface area contributed by atoms with Crippen LogP contribution < -0.4 is 18.9 Å². The predicted octanol–water partition coefficient (Wildman–Crippen LogP) is 8.98. The number of aromatic nitrogens is 2. The summed E-state index contributed by atoms with van der Waals surface area (Å²) in [5.74, 6) is 3.05. The zero-order chi connectivity index (χ0) is 32.3. The maximum atomic E-state index is 7.42. The molecule has 1 aromatic heterocycles. The first-order valence-electron chi connectivity index (χ1n) is 15.7. The van der Waals surface area contributed by atoms with Crippen LogP contribution in [0.1, 0.15) is 41.7 Å². The molecule has 1 unspecified atom stereocenters. The predicted molar refractivity (Wildman–Crippen MR) is 186 cm³/mol. The lowest BCUT2D eigenvalue weighted by Crippen LogP contribution is -2.35. The first-order valence-corrected chi connectivity index (χ1v) is 15.7. The maximum Gasteiger partial charge on any atom is 0.220 e. The van der Waals surface area contributed by atoms with Crippen LogP contribution in [0.4, 0.5) is 0 Å². The van der Waals surface area contributed by atoms with Gasteiger partial charge in [-0.05, 0) is 45.8 Å². The molecule has 0 N–H and O–H groups in total. The van der Waals surface area contributed by atoms with Crippen molar-refractivity contribution in [1.82, 2.24) is 9.97 Å². The Morgan fingerprint density at radius 2 is 1.28 bits per heavy atom. The molecule has 8 rings (SSSR count). The van der Waals surface area contributed by atoms with Gasteiger partial charge in [0.25, 0.3) is 0 Å². The van der Waals surface area contributed by atoms with Crippen molar-refractivity contribution in [2.75, 3.05) is 21.3 Å². The summed E-state index contributed by atoms with van der Waals surface area (Å²) < 4.78 is 23.7. The van der Waals surface area contributed by atoms with Crippen molar-refractivity contribution in [3.63, 3.8) is 0 Å². The van der Waals surface area contributed by atoms with Crippen LogP contribution >= 0.6 is 0 Å². The van der Waals surface area contributed by atoms with Gasteiger partial charge in [0.1, 0.15) is 11.5 Å². The number of nitrogens with zero attached hydrogens (tertiary/aromatic N) is 2. The number of hydrogen-bond donors (Lipinski definition) is 0. The van der Waals surface area contributed by atoms with Crippen molar-refractivity contribution in [3.8, 4) is 45.8 Å². The highest BCUT2D eigenvalue weighted by molar-refractivity contribution is 6.08. The van der Waals surface area contributed by atoms with Gasteiger partial charge in [-0.15, -0.1) is 0 Å². The summed E-state index contributed by atoms with van der Waals surface area (Å²) in [7, 11) is 4.84. The summed E-state index contributed by atoms with van der Waals surface area (Å²) in [6, 6.07) is 35.4. The lowest BCUT2D eigenvalue weighted by Gasteiger charge is -2.38. The zero-order valence-electron chi connectivity index (χ0n) is 27.0. The maximum absolute atomic E-state index is 7.42. The first kappa shape index (κ1) is 28.8. The van der Waals surface area contributed by atoms with Gasteiger partial charge in [-0.25, -0.2) is 0 Å².